The highest BCUT2D eigenvalue weighted by atomic mass is 16.4. The molecule has 68 heavy (non-hydrogen) atoms. The van der Waals surface area contributed by atoms with Gasteiger partial charge in [-0.3, -0.25) is 4.90 Å². The SMILES string of the molecule is Cc1cc(C(C)(C)C)ccc1N1C2=C(C=C3C(C2)C(C)(C)CCC3(C)C)B2c3c1cc(C(C)(C)C)cc3N(c1ccc3c(c1)C(C)(C)CC3(C)C)c1oc3cc4c(cc3c12)C(C)(C)CCC4(C)C. The van der Waals surface area contributed by atoms with Crippen LogP contribution in [0.4, 0.5) is 28.6 Å². The van der Waals surface area contributed by atoms with Crippen LogP contribution in [0.25, 0.3) is 11.0 Å². The van der Waals surface area contributed by atoms with Gasteiger partial charge in [0.15, 0.2) is 0 Å². The molecule has 356 valence electrons. The smallest absolute Gasteiger partial charge is 0.256 e. The molecule has 3 heterocycles. The minimum atomic E-state index is -0.110. The van der Waals surface area contributed by atoms with Crippen LogP contribution in [0, 0.1) is 23.7 Å². The number of hydrogen-bond donors (Lipinski definition) is 0. The molecule has 0 N–H and O–H groups in total. The molecule has 0 saturated heterocycles. The second-order valence-electron chi connectivity index (χ2n) is 28.8. The molecule has 4 aromatic carbocycles. The predicted octanol–water partition coefficient (Wildman–Crippen LogP) is 16.8. The molecule has 1 saturated carbocycles. The van der Waals surface area contributed by atoms with Crippen molar-refractivity contribution in [3.63, 3.8) is 0 Å². The van der Waals surface area contributed by atoms with E-state index < -0.39 is 0 Å². The molecule has 1 aromatic heterocycles. The second-order valence-corrected chi connectivity index (χ2v) is 28.8. The molecule has 1 unspecified atom stereocenters. The van der Waals surface area contributed by atoms with Crippen LogP contribution in [0.5, 0.6) is 0 Å². The van der Waals surface area contributed by atoms with Crippen molar-refractivity contribution >= 4 is 57.2 Å². The Morgan fingerprint density at radius 1 is 0.559 bits per heavy atom. The van der Waals surface area contributed by atoms with Gasteiger partial charge in [-0.15, -0.1) is 0 Å². The van der Waals surface area contributed by atoms with E-state index in [1.165, 1.54) is 115 Å². The average Bonchev–Trinajstić information content (AvgIpc) is 3.69. The maximum atomic E-state index is 7.68. The fraction of sp³-hybridized carbons (Fsp3) is 0.531. The second kappa shape index (κ2) is 13.9. The van der Waals surface area contributed by atoms with E-state index in [0.29, 0.717) is 5.92 Å². The molecule has 0 bridgehead atoms. The van der Waals surface area contributed by atoms with E-state index in [1.54, 1.807) is 5.57 Å². The van der Waals surface area contributed by atoms with Crippen molar-refractivity contribution in [3.8, 4) is 0 Å². The lowest BCUT2D eigenvalue weighted by molar-refractivity contribution is 0.121. The van der Waals surface area contributed by atoms with Gasteiger partial charge in [0.25, 0.3) is 6.71 Å². The summed E-state index contributed by atoms with van der Waals surface area (Å²) in [7, 11) is 0. The Balaban J connectivity index is 1.30. The van der Waals surface area contributed by atoms with Gasteiger partial charge in [-0.05, 0) is 187 Å². The predicted molar refractivity (Wildman–Crippen MR) is 293 cm³/mol. The molecule has 3 nitrogen and oxygen atoms in total. The summed E-state index contributed by atoms with van der Waals surface area (Å²) in [6, 6.07) is 25.1. The van der Waals surface area contributed by atoms with E-state index in [0.717, 1.165) is 24.3 Å². The molecule has 11 rings (SSSR count). The Hall–Kier alpha value is -4.44. The van der Waals surface area contributed by atoms with Crippen LogP contribution < -0.4 is 20.7 Å². The first kappa shape index (κ1) is 46.0. The molecule has 4 heteroatoms. The van der Waals surface area contributed by atoms with E-state index in [-0.39, 0.29) is 50.0 Å². The summed E-state index contributed by atoms with van der Waals surface area (Å²) >= 11 is 0. The summed E-state index contributed by atoms with van der Waals surface area (Å²) in [5.41, 5.74) is 23.9. The van der Waals surface area contributed by atoms with Crippen LogP contribution in [-0.4, -0.2) is 6.71 Å². The number of benzene rings is 4. The molecular weight excluding hydrogens is 824 g/mol. The molecule has 4 aliphatic carbocycles. The van der Waals surface area contributed by atoms with Gasteiger partial charge in [0.05, 0.1) is 0 Å². The van der Waals surface area contributed by atoms with Crippen molar-refractivity contribution in [2.45, 2.75) is 203 Å². The first-order valence-corrected chi connectivity index (χ1v) is 26.4. The van der Waals surface area contributed by atoms with Crippen LogP contribution in [0.3, 0.4) is 0 Å². The zero-order valence-corrected chi connectivity index (χ0v) is 45.6. The lowest BCUT2D eigenvalue weighted by Crippen LogP contribution is -2.57. The zero-order valence-electron chi connectivity index (χ0n) is 45.6. The Bertz CT molecular complexity index is 3070. The Labute approximate surface area is 411 Å². The molecule has 1 fully saturated rings. The third kappa shape index (κ3) is 6.56. The van der Waals surface area contributed by atoms with Crippen molar-refractivity contribution in [1.82, 2.24) is 0 Å². The minimum Gasteiger partial charge on any atom is -0.440 e. The molecule has 0 amide bonds. The van der Waals surface area contributed by atoms with Crippen molar-refractivity contribution in [2.24, 2.45) is 16.7 Å². The summed E-state index contributed by atoms with van der Waals surface area (Å²) in [6.07, 6.45) is 9.69. The molecular formula is C64H81BN2O. The number of fused-ring (bicyclic) bond motifs is 8. The molecule has 2 aliphatic heterocycles. The number of hydrogen-bond acceptors (Lipinski definition) is 3. The zero-order chi connectivity index (χ0) is 49.0. The van der Waals surface area contributed by atoms with Crippen LogP contribution in [0.15, 0.2) is 87.9 Å². The molecule has 0 spiro atoms. The summed E-state index contributed by atoms with van der Waals surface area (Å²) in [5, 5.41) is 1.29. The van der Waals surface area contributed by atoms with Gasteiger partial charge in [0.2, 0.25) is 5.88 Å². The normalized spacial score (nSPS) is 23.4. The van der Waals surface area contributed by atoms with E-state index in [2.05, 4.69) is 208 Å². The molecule has 0 radical (unpaired) electrons. The third-order valence-electron chi connectivity index (χ3n) is 19.0. The van der Waals surface area contributed by atoms with Crippen molar-refractivity contribution in [1.29, 1.82) is 0 Å². The lowest BCUT2D eigenvalue weighted by atomic mass is 9.31. The van der Waals surface area contributed by atoms with Crippen LogP contribution in [-0.2, 0) is 32.5 Å². The van der Waals surface area contributed by atoms with Gasteiger partial charge in [-0.1, -0.05) is 154 Å². The summed E-state index contributed by atoms with van der Waals surface area (Å²) in [4.78, 5) is 5.36. The highest BCUT2D eigenvalue weighted by molar-refractivity contribution is 6.97. The van der Waals surface area contributed by atoms with E-state index >= 15 is 0 Å². The number of aryl methyl sites for hydroxylation is 1. The first-order valence-electron chi connectivity index (χ1n) is 26.4. The monoisotopic (exact) mass is 905 g/mol. The minimum absolute atomic E-state index is 0.00113. The molecule has 1 atom stereocenters. The van der Waals surface area contributed by atoms with Crippen LogP contribution >= 0.6 is 0 Å². The van der Waals surface area contributed by atoms with Gasteiger partial charge in [0, 0.05) is 39.3 Å². The summed E-state index contributed by atoms with van der Waals surface area (Å²) < 4.78 is 7.68. The quantitative estimate of drug-likeness (QED) is 0.165. The number of allylic oxidation sites excluding steroid dienone is 4. The molecule has 6 aliphatic rings. The van der Waals surface area contributed by atoms with Gasteiger partial charge in [-0.25, -0.2) is 0 Å². The highest BCUT2D eigenvalue weighted by Gasteiger charge is 2.54. The van der Waals surface area contributed by atoms with E-state index in [4.69, 9.17) is 4.42 Å². The fourth-order valence-corrected chi connectivity index (χ4v) is 14.6. The van der Waals surface area contributed by atoms with Gasteiger partial charge < -0.3 is 9.32 Å². The van der Waals surface area contributed by atoms with E-state index in [9.17, 15) is 0 Å². The maximum absolute atomic E-state index is 7.68. The number of nitrogens with zero attached hydrogens (tertiary/aromatic N) is 2. The first-order chi connectivity index (χ1) is 31.3. The lowest BCUT2D eigenvalue weighted by Gasteiger charge is -2.53. The average molecular weight is 905 g/mol. The Morgan fingerprint density at radius 3 is 1.78 bits per heavy atom. The van der Waals surface area contributed by atoms with Gasteiger partial charge >= 0.3 is 0 Å². The van der Waals surface area contributed by atoms with E-state index in [1.807, 2.05) is 0 Å². The van der Waals surface area contributed by atoms with Gasteiger partial charge in [-0.2, -0.15) is 0 Å². The summed E-state index contributed by atoms with van der Waals surface area (Å²) in [5.74, 6) is 1.44. The molecule has 5 aromatic rings. The number of rotatable bonds is 2. The van der Waals surface area contributed by atoms with Crippen LogP contribution in [0.2, 0.25) is 0 Å². The fourth-order valence-electron chi connectivity index (χ4n) is 14.6. The third-order valence-corrected chi connectivity index (χ3v) is 19.0. The Morgan fingerprint density at radius 2 is 1.15 bits per heavy atom. The van der Waals surface area contributed by atoms with Crippen molar-refractivity contribution in [2.75, 3.05) is 9.80 Å². The van der Waals surface area contributed by atoms with Gasteiger partial charge in [0.1, 0.15) is 5.58 Å². The largest absolute Gasteiger partial charge is 0.440 e. The van der Waals surface area contributed by atoms with Crippen molar-refractivity contribution < 1.29 is 4.42 Å². The maximum Gasteiger partial charge on any atom is 0.256 e. The number of furan rings is 1. The number of anilines is 5. The standard InChI is InChI=1S/C64H81BN2O/c1-37-28-38(57(2,3)4)20-23-49(37)67-50-34-46-45(60(10,11)25-26-61(46,12)13)33-48(50)65-54-41-32-44-47(62(14,15)27-24-59(44,8)9)35-53(41)68-56(54)66(51-29-39(58(5,6)7)30-52(67)55(51)65)40-21-22-42-43(31-40)64(18,19)36-63(42,16)17/h20-23,28-33,35,46H,24-27,34,36H2,1-19H3. The van der Waals surface area contributed by atoms with Crippen molar-refractivity contribution in [3.05, 3.63) is 122 Å². The Kier molecular flexibility index (Phi) is 9.41. The summed E-state index contributed by atoms with van der Waals surface area (Å²) in [6.45, 7) is 46.4. The highest BCUT2D eigenvalue weighted by Crippen LogP contribution is 2.60. The topological polar surface area (TPSA) is 19.6 Å². The van der Waals surface area contributed by atoms with Crippen LogP contribution in [0.1, 0.15) is 202 Å².